The second-order valence-electron chi connectivity index (χ2n) is 7.77. The van der Waals surface area contributed by atoms with Gasteiger partial charge in [0.05, 0.1) is 0 Å². The van der Waals surface area contributed by atoms with E-state index >= 15 is 0 Å². The van der Waals surface area contributed by atoms with Crippen molar-refractivity contribution in [2.45, 2.75) is 0 Å². The second kappa shape index (κ2) is 8.23. The average Bonchev–Trinajstić information content (AvgIpc) is 3.48. The van der Waals surface area contributed by atoms with E-state index in [-0.39, 0.29) is 0 Å². The van der Waals surface area contributed by atoms with Crippen LogP contribution in [0.3, 0.4) is 0 Å². The summed E-state index contributed by atoms with van der Waals surface area (Å²) in [5.74, 6) is 0. The molecule has 0 saturated carbocycles. The molecule has 6 aromatic rings. The molecular weight excluding hydrogens is 424 g/mol. The van der Waals surface area contributed by atoms with Crippen molar-refractivity contribution in [3.8, 4) is 0 Å². The van der Waals surface area contributed by atoms with Gasteiger partial charge in [0, 0.05) is 36.9 Å². The van der Waals surface area contributed by atoms with E-state index in [1.807, 2.05) is 22.7 Å². The van der Waals surface area contributed by atoms with E-state index < -0.39 is 0 Å². The van der Waals surface area contributed by atoms with Gasteiger partial charge >= 0.3 is 0 Å². The van der Waals surface area contributed by atoms with Crippen LogP contribution < -0.4 is 0 Å². The predicted molar refractivity (Wildman–Crippen MR) is 142 cm³/mol. The molecule has 0 saturated heterocycles. The predicted octanol–water partition coefficient (Wildman–Crippen LogP) is 9.12. The molecular formula is C30H20S2. The lowest BCUT2D eigenvalue weighted by molar-refractivity contribution is 1.54. The van der Waals surface area contributed by atoms with Gasteiger partial charge in [-0.05, 0) is 39.6 Å². The van der Waals surface area contributed by atoms with E-state index in [9.17, 15) is 0 Å². The number of hydrogen-bond donors (Lipinski definition) is 0. The monoisotopic (exact) mass is 444 g/mol. The Morgan fingerprint density at radius 2 is 0.812 bits per heavy atom. The van der Waals surface area contributed by atoms with E-state index in [4.69, 9.17) is 0 Å². The Bertz CT molecular complexity index is 1430. The first-order valence-electron chi connectivity index (χ1n) is 10.7. The number of thiophene rings is 2. The summed E-state index contributed by atoms with van der Waals surface area (Å²) >= 11 is 3.64. The fourth-order valence-corrected chi connectivity index (χ4v) is 6.33. The van der Waals surface area contributed by atoms with Crippen LogP contribution in [0.4, 0.5) is 0 Å². The highest BCUT2D eigenvalue weighted by Crippen LogP contribution is 2.44. The van der Waals surface area contributed by atoms with Gasteiger partial charge in [-0.15, -0.1) is 22.7 Å². The van der Waals surface area contributed by atoms with Crippen LogP contribution in [0.2, 0.25) is 0 Å². The standard InChI is InChI=1S/C30H20S2/c1-3-11-21(12-4-1)29(22-13-5-2-6-14-22)30(25-19-31-27-17-9-7-15-23(25)27)26-20-32-28-18-10-8-16-24(26)28/h1-20H. The molecule has 0 aliphatic rings. The quantitative estimate of drug-likeness (QED) is 0.254. The number of hydrogen-bond acceptors (Lipinski definition) is 2. The van der Waals surface area contributed by atoms with Crippen LogP contribution in [0.5, 0.6) is 0 Å². The average molecular weight is 445 g/mol. The Morgan fingerprint density at radius 3 is 1.28 bits per heavy atom. The molecule has 0 bridgehead atoms. The van der Waals surface area contributed by atoms with Gasteiger partial charge in [0.2, 0.25) is 0 Å². The molecule has 2 aromatic heterocycles. The van der Waals surface area contributed by atoms with Crippen molar-refractivity contribution in [1.29, 1.82) is 0 Å². The highest BCUT2D eigenvalue weighted by Gasteiger charge is 2.21. The van der Waals surface area contributed by atoms with Crippen molar-refractivity contribution in [2.75, 3.05) is 0 Å². The van der Waals surface area contributed by atoms with Crippen LogP contribution in [0, 0.1) is 0 Å². The Hall–Kier alpha value is -3.46. The van der Waals surface area contributed by atoms with Gasteiger partial charge < -0.3 is 0 Å². The van der Waals surface area contributed by atoms with Gasteiger partial charge in [-0.1, -0.05) is 97.1 Å². The summed E-state index contributed by atoms with van der Waals surface area (Å²) in [4.78, 5) is 0. The third kappa shape index (κ3) is 3.29. The van der Waals surface area contributed by atoms with E-state index in [1.165, 1.54) is 53.6 Å². The summed E-state index contributed by atoms with van der Waals surface area (Å²) in [5.41, 5.74) is 7.66. The fraction of sp³-hybridized carbons (Fsp3) is 0. The van der Waals surface area contributed by atoms with Crippen molar-refractivity contribution < 1.29 is 0 Å². The first-order valence-corrected chi connectivity index (χ1v) is 12.4. The Kier molecular flexibility index (Phi) is 4.95. The van der Waals surface area contributed by atoms with Crippen LogP contribution in [0.25, 0.3) is 31.3 Å². The Morgan fingerprint density at radius 1 is 0.406 bits per heavy atom. The maximum absolute atomic E-state index is 2.33. The van der Waals surface area contributed by atoms with Crippen molar-refractivity contribution in [2.24, 2.45) is 0 Å². The molecule has 0 unspecified atom stereocenters. The first kappa shape index (κ1) is 19.2. The molecule has 2 heterocycles. The van der Waals surface area contributed by atoms with Crippen molar-refractivity contribution in [3.05, 3.63) is 142 Å². The minimum atomic E-state index is 1.24. The van der Waals surface area contributed by atoms with Gasteiger partial charge in [0.1, 0.15) is 0 Å². The lowest BCUT2D eigenvalue weighted by Crippen LogP contribution is -1.96. The lowest BCUT2D eigenvalue weighted by Gasteiger charge is -2.17. The summed E-state index contributed by atoms with van der Waals surface area (Å²) in [6.45, 7) is 0. The van der Waals surface area contributed by atoms with Crippen molar-refractivity contribution in [1.82, 2.24) is 0 Å². The van der Waals surface area contributed by atoms with Crippen LogP contribution in [-0.2, 0) is 0 Å². The summed E-state index contributed by atoms with van der Waals surface area (Å²) in [7, 11) is 0. The fourth-order valence-electron chi connectivity index (χ4n) is 4.42. The minimum Gasteiger partial charge on any atom is -0.143 e. The Balaban J connectivity index is 1.79. The lowest BCUT2D eigenvalue weighted by atomic mass is 9.85. The smallest absolute Gasteiger partial charge is 0.0349 e. The van der Waals surface area contributed by atoms with Crippen LogP contribution in [-0.4, -0.2) is 0 Å². The highest BCUT2D eigenvalue weighted by atomic mass is 32.1. The van der Waals surface area contributed by atoms with E-state index in [1.54, 1.807) is 0 Å². The summed E-state index contributed by atoms with van der Waals surface area (Å²) < 4.78 is 2.64. The molecule has 152 valence electrons. The van der Waals surface area contributed by atoms with E-state index in [2.05, 4.69) is 120 Å². The number of rotatable bonds is 4. The van der Waals surface area contributed by atoms with Crippen LogP contribution in [0.1, 0.15) is 22.3 Å². The van der Waals surface area contributed by atoms with Crippen molar-refractivity contribution >= 4 is 54.0 Å². The van der Waals surface area contributed by atoms with Gasteiger partial charge in [-0.3, -0.25) is 0 Å². The molecule has 0 N–H and O–H groups in total. The molecule has 0 spiro atoms. The molecule has 0 aliphatic carbocycles. The maximum atomic E-state index is 2.33. The number of fused-ring (bicyclic) bond motifs is 2. The molecule has 0 aliphatic heterocycles. The molecule has 0 amide bonds. The summed E-state index contributed by atoms with van der Waals surface area (Å²) in [5, 5.41) is 7.29. The number of benzene rings is 4. The molecule has 0 radical (unpaired) electrons. The molecule has 2 heteroatoms. The van der Waals surface area contributed by atoms with E-state index in [0.717, 1.165) is 0 Å². The third-order valence-corrected chi connectivity index (χ3v) is 7.80. The molecule has 6 rings (SSSR count). The molecule has 0 atom stereocenters. The Labute approximate surface area is 195 Å². The van der Waals surface area contributed by atoms with Gasteiger partial charge in [-0.2, -0.15) is 0 Å². The SMILES string of the molecule is c1ccc(C(=C(c2csc3ccccc23)c2csc3ccccc23)c2ccccc2)cc1. The molecule has 0 nitrogen and oxygen atoms in total. The van der Waals surface area contributed by atoms with Gasteiger partial charge in [-0.25, -0.2) is 0 Å². The zero-order valence-electron chi connectivity index (χ0n) is 17.4. The summed E-state index contributed by atoms with van der Waals surface area (Å²) in [6.07, 6.45) is 0. The highest BCUT2D eigenvalue weighted by molar-refractivity contribution is 7.18. The second-order valence-corrected chi connectivity index (χ2v) is 9.60. The zero-order chi connectivity index (χ0) is 21.3. The normalized spacial score (nSPS) is 11.1. The van der Waals surface area contributed by atoms with Crippen molar-refractivity contribution in [3.63, 3.8) is 0 Å². The largest absolute Gasteiger partial charge is 0.143 e. The summed E-state index contributed by atoms with van der Waals surface area (Å²) in [6, 6.07) is 39.1. The van der Waals surface area contributed by atoms with Gasteiger partial charge in [0.25, 0.3) is 0 Å². The maximum Gasteiger partial charge on any atom is 0.0349 e. The van der Waals surface area contributed by atoms with Gasteiger partial charge in [0.15, 0.2) is 0 Å². The topological polar surface area (TPSA) is 0 Å². The van der Waals surface area contributed by atoms with E-state index in [0.29, 0.717) is 0 Å². The molecule has 32 heavy (non-hydrogen) atoms. The zero-order valence-corrected chi connectivity index (χ0v) is 19.0. The molecule has 4 aromatic carbocycles. The third-order valence-electron chi connectivity index (χ3n) is 5.88. The molecule has 0 fully saturated rings. The first-order chi connectivity index (χ1) is 15.9. The minimum absolute atomic E-state index is 1.24. The van der Waals surface area contributed by atoms with Crippen LogP contribution in [0.15, 0.2) is 120 Å². The van der Waals surface area contributed by atoms with Crippen LogP contribution >= 0.6 is 22.7 Å².